The highest BCUT2D eigenvalue weighted by atomic mass is 16.6. The van der Waals surface area contributed by atoms with Gasteiger partial charge in [-0.2, -0.15) is 5.48 Å². The third-order valence-corrected chi connectivity index (χ3v) is 9.98. The van der Waals surface area contributed by atoms with Gasteiger partial charge in [-0.25, -0.2) is 0 Å². The van der Waals surface area contributed by atoms with E-state index in [-0.39, 0.29) is 16.8 Å². The van der Waals surface area contributed by atoms with Crippen molar-refractivity contribution in [3.05, 3.63) is 23.5 Å². The molecule has 0 spiro atoms. The topological polar surface area (TPSA) is 67.8 Å². The summed E-state index contributed by atoms with van der Waals surface area (Å²) in [5.74, 6) is 1.12. The van der Waals surface area contributed by atoms with Crippen LogP contribution in [0.15, 0.2) is 23.5 Å². The minimum Gasteiger partial charge on any atom is -0.435 e. The molecule has 2 unspecified atom stereocenters. The number of aliphatic hydroxyl groups is 1. The molecule has 5 heteroatoms. The Kier molecular flexibility index (Phi) is 4.96. The van der Waals surface area contributed by atoms with Gasteiger partial charge in [0.15, 0.2) is 0 Å². The van der Waals surface area contributed by atoms with Crippen molar-refractivity contribution in [3.63, 3.8) is 0 Å². The first-order chi connectivity index (χ1) is 14.3. The maximum Gasteiger partial charge on any atom is 0.310 e. The van der Waals surface area contributed by atoms with Crippen molar-refractivity contribution in [2.45, 2.75) is 89.7 Å². The molecule has 1 aliphatic heterocycles. The van der Waals surface area contributed by atoms with Crippen LogP contribution in [0.1, 0.15) is 78.1 Å². The zero-order valence-electron chi connectivity index (χ0n) is 18.7. The van der Waals surface area contributed by atoms with Crippen LogP contribution in [0.3, 0.4) is 0 Å². The summed E-state index contributed by atoms with van der Waals surface area (Å²) >= 11 is 0. The van der Waals surface area contributed by atoms with Crippen LogP contribution in [0.4, 0.5) is 0 Å². The number of hydrogen-bond acceptors (Lipinski definition) is 5. The van der Waals surface area contributed by atoms with Crippen molar-refractivity contribution in [2.75, 3.05) is 7.11 Å². The monoisotopic (exact) mass is 415 g/mol. The van der Waals surface area contributed by atoms with Crippen LogP contribution in [-0.4, -0.2) is 29.8 Å². The highest BCUT2D eigenvalue weighted by Gasteiger charge is 2.66. The quantitative estimate of drug-likeness (QED) is 0.406. The maximum atomic E-state index is 12.3. The Balaban J connectivity index is 1.43. The van der Waals surface area contributed by atoms with E-state index in [4.69, 9.17) is 9.57 Å². The number of nitrogens with one attached hydrogen (secondary N) is 1. The van der Waals surface area contributed by atoms with Crippen LogP contribution < -0.4 is 5.48 Å². The van der Waals surface area contributed by atoms with E-state index in [1.807, 2.05) is 0 Å². The van der Waals surface area contributed by atoms with E-state index < -0.39 is 5.60 Å². The molecule has 5 aliphatic rings. The lowest BCUT2D eigenvalue weighted by Gasteiger charge is -2.62. The Labute approximate surface area is 180 Å². The van der Waals surface area contributed by atoms with Crippen molar-refractivity contribution in [1.29, 1.82) is 0 Å². The van der Waals surface area contributed by atoms with Crippen molar-refractivity contribution >= 4 is 5.97 Å². The fraction of sp³-hybridized carbons (Fsp3) is 0.800. The summed E-state index contributed by atoms with van der Waals surface area (Å²) in [6.45, 7) is 4.78. The van der Waals surface area contributed by atoms with Gasteiger partial charge in [0.05, 0.1) is 25.0 Å². The van der Waals surface area contributed by atoms with Crippen molar-refractivity contribution < 1.29 is 19.5 Å². The fourth-order valence-electron chi connectivity index (χ4n) is 8.30. The minimum absolute atomic E-state index is 0.115. The molecule has 7 atom stereocenters. The maximum absolute atomic E-state index is 12.3. The minimum atomic E-state index is -0.612. The zero-order chi connectivity index (χ0) is 21.1. The summed E-state index contributed by atoms with van der Waals surface area (Å²) in [6, 6.07) is 0.309. The number of carbonyl (C=O) groups excluding carboxylic acids is 1. The number of cyclic esters (lactones) is 1. The number of rotatable bonds is 3. The van der Waals surface area contributed by atoms with E-state index in [1.54, 1.807) is 18.9 Å². The predicted octanol–water partition coefficient (Wildman–Crippen LogP) is 4.42. The normalized spacial score (nSPS) is 48.1. The van der Waals surface area contributed by atoms with Gasteiger partial charge in [0.25, 0.3) is 0 Å². The molecule has 3 saturated carbocycles. The number of hydroxylamine groups is 1. The Hall–Kier alpha value is -1.17. The summed E-state index contributed by atoms with van der Waals surface area (Å²) in [7, 11) is 1.69. The molecule has 0 radical (unpaired) electrons. The van der Waals surface area contributed by atoms with Gasteiger partial charge in [-0.15, -0.1) is 0 Å². The molecule has 166 valence electrons. The highest BCUT2D eigenvalue weighted by Crippen LogP contribution is 2.69. The number of allylic oxidation sites excluding steroid dienone is 2. The van der Waals surface area contributed by atoms with Crippen LogP contribution in [0.5, 0.6) is 0 Å². The van der Waals surface area contributed by atoms with Gasteiger partial charge in [-0.05, 0) is 86.5 Å². The molecule has 3 fully saturated rings. The molecule has 0 amide bonds. The predicted molar refractivity (Wildman–Crippen MR) is 114 cm³/mol. The van der Waals surface area contributed by atoms with Gasteiger partial charge >= 0.3 is 5.97 Å². The van der Waals surface area contributed by atoms with Crippen molar-refractivity contribution in [1.82, 2.24) is 5.48 Å². The Morgan fingerprint density at radius 3 is 2.63 bits per heavy atom. The second kappa shape index (κ2) is 7.18. The average Bonchev–Trinajstić information content (AvgIpc) is 3.01. The van der Waals surface area contributed by atoms with Crippen LogP contribution in [-0.2, 0) is 14.4 Å². The van der Waals surface area contributed by atoms with E-state index in [0.717, 1.165) is 44.9 Å². The number of ether oxygens (including phenoxy) is 1. The van der Waals surface area contributed by atoms with E-state index >= 15 is 0 Å². The fourth-order valence-corrected chi connectivity index (χ4v) is 8.30. The summed E-state index contributed by atoms with van der Waals surface area (Å²) < 4.78 is 5.28. The number of carbonyl (C=O) groups is 1. The standard InChI is InChI=1S/C25H37NO4/c1-23-11-8-18(26-29-3)14-17(23)5-6-21-20(23)9-12-24(2)19(10-13-25(21,24)28)16-4-7-22(27)30-15-16/h14-15,18-21,26,28H,4-13H2,1-3H3/t18-,19+,20?,21?,23-,24+,25-/m0/s1. The van der Waals surface area contributed by atoms with Gasteiger partial charge in [0.2, 0.25) is 0 Å². The summed E-state index contributed by atoms with van der Waals surface area (Å²) in [5, 5.41) is 12.3. The van der Waals surface area contributed by atoms with Crippen LogP contribution in [0.2, 0.25) is 0 Å². The largest absolute Gasteiger partial charge is 0.435 e. The third kappa shape index (κ3) is 2.81. The Morgan fingerprint density at radius 1 is 1.07 bits per heavy atom. The summed E-state index contributed by atoms with van der Waals surface area (Å²) in [5.41, 5.74) is 5.43. The van der Waals surface area contributed by atoms with Crippen LogP contribution in [0.25, 0.3) is 0 Å². The Bertz CT molecular complexity index is 790. The number of esters is 1. The summed E-state index contributed by atoms with van der Waals surface area (Å²) in [6.07, 6.45) is 14.0. The molecule has 5 rings (SSSR count). The second-order valence-corrected chi connectivity index (χ2v) is 11.0. The summed E-state index contributed by atoms with van der Waals surface area (Å²) in [4.78, 5) is 16.7. The number of fused-ring (bicyclic) bond motifs is 5. The second-order valence-electron chi connectivity index (χ2n) is 11.0. The lowest BCUT2D eigenvalue weighted by molar-refractivity contribution is -0.181. The molecule has 1 heterocycles. The lowest BCUT2D eigenvalue weighted by Crippen LogP contribution is -2.61. The smallest absolute Gasteiger partial charge is 0.310 e. The first kappa shape index (κ1) is 20.7. The molecule has 0 bridgehead atoms. The molecule has 5 nitrogen and oxygen atoms in total. The Morgan fingerprint density at radius 2 is 1.90 bits per heavy atom. The van der Waals surface area contributed by atoms with E-state index in [2.05, 4.69) is 25.4 Å². The molecule has 0 aromatic rings. The third-order valence-electron chi connectivity index (χ3n) is 9.98. The lowest BCUT2D eigenvalue weighted by atomic mass is 9.45. The van der Waals surface area contributed by atoms with Crippen LogP contribution >= 0.6 is 0 Å². The van der Waals surface area contributed by atoms with E-state index in [0.29, 0.717) is 30.2 Å². The SMILES string of the molecule is CON[C@@H]1C=C2CCC3C(CC[C@]4(C)[C@@H](C5=COC(=O)CC5)CC[C@]34O)[C@@]2(C)CC1. The van der Waals surface area contributed by atoms with Crippen LogP contribution in [0, 0.1) is 28.6 Å². The molecular weight excluding hydrogens is 378 g/mol. The molecular formula is C25H37NO4. The molecule has 0 aromatic carbocycles. The van der Waals surface area contributed by atoms with E-state index in [9.17, 15) is 9.90 Å². The van der Waals surface area contributed by atoms with Crippen molar-refractivity contribution in [2.24, 2.45) is 28.6 Å². The molecule has 0 aromatic heterocycles. The molecule has 4 aliphatic carbocycles. The molecule has 0 saturated heterocycles. The van der Waals surface area contributed by atoms with Crippen molar-refractivity contribution in [3.8, 4) is 0 Å². The molecule has 30 heavy (non-hydrogen) atoms. The van der Waals surface area contributed by atoms with Gasteiger partial charge in [0, 0.05) is 11.8 Å². The highest BCUT2D eigenvalue weighted by molar-refractivity contribution is 5.71. The zero-order valence-corrected chi connectivity index (χ0v) is 18.7. The van der Waals surface area contributed by atoms with Gasteiger partial charge in [-0.3, -0.25) is 4.79 Å². The van der Waals surface area contributed by atoms with E-state index in [1.165, 1.54) is 18.4 Å². The molecule has 2 N–H and O–H groups in total. The average molecular weight is 416 g/mol. The first-order valence-corrected chi connectivity index (χ1v) is 11.9. The van der Waals surface area contributed by atoms with Gasteiger partial charge in [-0.1, -0.05) is 25.5 Å². The van der Waals surface area contributed by atoms with Gasteiger partial charge in [0.1, 0.15) is 0 Å². The number of hydrogen-bond donors (Lipinski definition) is 2. The first-order valence-electron chi connectivity index (χ1n) is 11.9. The van der Waals surface area contributed by atoms with Gasteiger partial charge < -0.3 is 14.7 Å².